The van der Waals surface area contributed by atoms with Crippen LogP contribution in [0.15, 0.2) is 36.4 Å². The van der Waals surface area contributed by atoms with Crippen LogP contribution in [0.3, 0.4) is 0 Å². The van der Waals surface area contributed by atoms with Gasteiger partial charge in [-0.3, -0.25) is 4.79 Å². The van der Waals surface area contributed by atoms with Crippen LogP contribution in [0.1, 0.15) is 65.2 Å². The maximum atomic E-state index is 13.9. The van der Waals surface area contributed by atoms with Gasteiger partial charge < -0.3 is 14.7 Å². The molecule has 3 amide bonds. The molecule has 5 nitrogen and oxygen atoms in total. The number of hydrogen-bond acceptors (Lipinski definition) is 2. The Balaban J connectivity index is 1.68. The highest BCUT2D eigenvalue weighted by atomic mass is 19.4. The summed E-state index contributed by atoms with van der Waals surface area (Å²) < 4.78 is 40.2. The van der Waals surface area contributed by atoms with Gasteiger partial charge in [-0.1, -0.05) is 29.8 Å². The van der Waals surface area contributed by atoms with Crippen LogP contribution in [0.2, 0.25) is 0 Å². The Labute approximate surface area is 204 Å². The highest BCUT2D eigenvalue weighted by Gasteiger charge is 2.46. The molecule has 2 aliphatic rings. The van der Waals surface area contributed by atoms with Crippen LogP contribution in [0, 0.1) is 20.8 Å². The van der Waals surface area contributed by atoms with Gasteiger partial charge in [0.2, 0.25) is 5.91 Å². The van der Waals surface area contributed by atoms with Crippen molar-refractivity contribution in [3.63, 3.8) is 0 Å². The van der Waals surface area contributed by atoms with E-state index in [1.54, 1.807) is 31.9 Å². The zero-order valence-electron chi connectivity index (χ0n) is 20.8. The number of benzene rings is 2. The summed E-state index contributed by atoms with van der Waals surface area (Å²) in [5.74, 6) is 0.110. The van der Waals surface area contributed by atoms with E-state index in [1.165, 1.54) is 4.90 Å². The number of rotatable bonds is 3. The fourth-order valence-electron chi connectivity index (χ4n) is 5.43. The van der Waals surface area contributed by atoms with Crippen LogP contribution in [-0.2, 0) is 11.0 Å². The van der Waals surface area contributed by atoms with Crippen LogP contribution in [0.4, 0.5) is 18.0 Å². The second kappa shape index (κ2) is 9.21. The standard InChI is InChI=1S/C27H32F3N3O2/c1-16-13-20(15-21(14-16)27(28,29)30)19(4)31(5)26(35)33-12-11-32-23(9-10-24(32)34)25(33)22-8-6-7-17(2)18(22)3/h6-8,13-15,19,23,25H,9-12H2,1-5H3/t19-,23+,25+/m1/s1. The lowest BCUT2D eigenvalue weighted by atomic mass is 9.89. The highest BCUT2D eigenvalue weighted by molar-refractivity contribution is 5.81. The third kappa shape index (κ3) is 4.62. The summed E-state index contributed by atoms with van der Waals surface area (Å²) in [6, 6.07) is 8.70. The van der Waals surface area contributed by atoms with Crippen LogP contribution in [0.25, 0.3) is 0 Å². The summed E-state index contributed by atoms with van der Waals surface area (Å²) in [7, 11) is 1.63. The molecule has 2 saturated heterocycles. The minimum atomic E-state index is -4.46. The van der Waals surface area contributed by atoms with Crippen molar-refractivity contribution in [1.29, 1.82) is 0 Å². The van der Waals surface area contributed by atoms with Crippen LogP contribution >= 0.6 is 0 Å². The average molecular weight is 488 g/mol. The number of carbonyl (C=O) groups is 2. The van der Waals surface area contributed by atoms with Crippen molar-refractivity contribution >= 4 is 11.9 Å². The molecule has 0 aliphatic carbocycles. The van der Waals surface area contributed by atoms with Crippen molar-refractivity contribution in [2.24, 2.45) is 0 Å². The molecule has 4 rings (SSSR count). The third-order valence-electron chi connectivity index (χ3n) is 7.66. The first-order valence-corrected chi connectivity index (χ1v) is 12.0. The van der Waals surface area contributed by atoms with Gasteiger partial charge >= 0.3 is 12.2 Å². The number of hydrogen-bond donors (Lipinski definition) is 0. The van der Waals surface area contributed by atoms with E-state index in [0.717, 1.165) is 28.8 Å². The maximum Gasteiger partial charge on any atom is 0.416 e. The van der Waals surface area contributed by atoms with Crippen molar-refractivity contribution in [2.75, 3.05) is 20.1 Å². The lowest BCUT2D eigenvalue weighted by Crippen LogP contribution is -2.57. The van der Waals surface area contributed by atoms with E-state index in [2.05, 4.69) is 0 Å². The second-order valence-electron chi connectivity index (χ2n) is 9.82. The van der Waals surface area contributed by atoms with Crippen molar-refractivity contribution in [1.82, 2.24) is 14.7 Å². The largest absolute Gasteiger partial charge is 0.416 e. The topological polar surface area (TPSA) is 43.9 Å². The number of aryl methyl sites for hydroxylation is 2. The highest BCUT2D eigenvalue weighted by Crippen LogP contribution is 2.40. The Kier molecular flexibility index (Phi) is 6.60. The Bertz CT molecular complexity index is 1150. The van der Waals surface area contributed by atoms with Crippen molar-refractivity contribution < 1.29 is 22.8 Å². The quantitative estimate of drug-likeness (QED) is 0.550. The van der Waals surface area contributed by atoms with Crippen molar-refractivity contribution in [3.05, 3.63) is 69.8 Å². The van der Waals surface area contributed by atoms with Crippen LogP contribution < -0.4 is 0 Å². The number of fused-ring (bicyclic) bond motifs is 1. The summed E-state index contributed by atoms with van der Waals surface area (Å²) in [5, 5.41) is 0. The van der Waals surface area contributed by atoms with Gasteiger partial charge in [0.1, 0.15) is 0 Å². The number of urea groups is 1. The fourth-order valence-corrected chi connectivity index (χ4v) is 5.43. The molecular formula is C27H32F3N3O2. The van der Waals surface area contributed by atoms with E-state index in [1.807, 2.05) is 36.9 Å². The van der Waals surface area contributed by atoms with E-state index in [-0.39, 0.29) is 24.0 Å². The van der Waals surface area contributed by atoms with Gasteiger partial charge in [-0.15, -0.1) is 0 Å². The molecule has 0 radical (unpaired) electrons. The summed E-state index contributed by atoms with van der Waals surface area (Å²) in [6.45, 7) is 8.25. The smallest absolute Gasteiger partial charge is 0.335 e. The first-order valence-electron chi connectivity index (χ1n) is 12.0. The third-order valence-corrected chi connectivity index (χ3v) is 7.66. The minimum Gasteiger partial charge on any atom is -0.335 e. The molecule has 2 heterocycles. The molecule has 188 valence electrons. The molecule has 2 aliphatic heterocycles. The molecule has 3 atom stereocenters. The lowest BCUT2D eigenvalue weighted by Gasteiger charge is -2.47. The molecule has 8 heteroatoms. The van der Waals surface area contributed by atoms with Gasteiger partial charge in [0.15, 0.2) is 0 Å². The molecular weight excluding hydrogens is 455 g/mol. The molecule has 2 aromatic rings. The zero-order chi connectivity index (χ0) is 25.7. The first kappa shape index (κ1) is 25.1. The number of nitrogens with zero attached hydrogens (tertiary/aromatic N) is 3. The average Bonchev–Trinajstić information content (AvgIpc) is 3.18. The van der Waals surface area contributed by atoms with E-state index >= 15 is 0 Å². The summed E-state index contributed by atoms with van der Waals surface area (Å²) in [5.41, 5.74) is 3.42. The second-order valence-corrected chi connectivity index (χ2v) is 9.82. The first-order chi connectivity index (χ1) is 16.4. The van der Waals surface area contributed by atoms with Crippen LogP contribution in [-0.4, -0.2) is 52.8 Å². The summed E-state index contributed by atoms with van der Waals surface area (Å²) >= 11 is 0. The molecule has 35 heavy (non-hydrogen) atoms. The van der Waals surface area contributed by atoms with Gasteiger partial charge in [0.05, 0.1) is 23.7 Å². The molecule has 0 unspecified atom stereocenters. The van der Waals surface area contributed by atoms with E-state index in [9.17, 15) is 22.8 Å². The summed E-state index contributed by atoms with van der Waals surface area (Å²) in [4.78, 5) is 31.6. The maximum absolute atomic E-state index is 13.9. The molecule has 0 spiro atoms. The van der Waals surface area contributed by atoms with Crippen molar-refractivity contribution in [2.45, 2.75) is 64.8 Å². The van der Waals surface area contributed by atoms with Gasteiger partial charge in [0.25, 0.3) is 0 Å². The van der Waals surface area contributed by atoms with E-state index < -0.39 is 17.8 Å². The minimum absolute atomic E-state index is 0.110. The molecule has 0 saturated carbocycles. The monoisotopic (exact) mass is 487 g/mol. The predicted octanol–water partition coefficient (Wildman–Crippen LogP) is 5.79. The Morgan fingerprint density at radius 3 is 2.51 bits per heavy atom. The number of amides is 3. The van der Waals surface area contributed by atoms with Crippen LogP contribution in [0.5, 0.6) is 0 Å². The SMILES string of the molecule is Cc1cc([C@@H](C)N(C)C(=O)N2CCN3C(=O)CC[C@H]3[C@@H]2c2cccc(C)c2C)cc(C(F)(F)F)c1. The van der Waals surface area contributed by atoms with Gasteiger partial charge in [0, 0.05) is 26.6 Å². The normalized spacial score (nSPS) is 21.2. The molecule has 0 aromatic heterocycles. The molecule has 0 bridgehead atoms. The van der Waals surface area contributed by atoms with Gasteiger partial charge in [-0.25, -0.2) is 4.79 Å². The zero-order valence-corrected chi connectivity index (χ0v) is 20.8. The number of alkyl halides is 3. The Morgan fingerprint density at radius 2 is 1.83 bits per heavy atom. The lowest BCUT2D eigenvalue weighted by molar-refractivity contribution is -0.137. The Morgan fingerprint density at radius 1 is 1.11 bits per heavy atom. The molecule has 0 N–H and O–H groups in total. The number of halogens is 3. The van der Waals surface area contributed by atoms with E-state index in [0.29, 0.717) is 37.1 Å². The molecule has 2 aromatic carbocycles. The van der Waals surface area contributed by atoms with Gasteiger partial charge in [-0.05, 0) is 68.5 Å². The number of piperazine rings is 1. The van der Waals surface area contributed by atoms with E-state index in [4.69, 9.17) is 0 Å². The fraction of sp³-hybridized carbons (Fsp3) is 0.481. The molecule has 2 fully saturated rings. The van der Waals surface area contributed by atoms with Crippen molar-refractivity contribution in [3.8, 4) is 0 Å². The van der Waals surface area contributed by atoms with Gasteiger partial charge in [-0.2, -0.15) is 13.2 Å². The number of carbonyl (C=O) groups excluding carboxylic acids is 2. The predicted molar refractivity (Wildman–Crippen MR) is 128 cm³/mol. The summed E-state index contributed by atoms with van der Waals surface area (Å²) in [6.07, 6.45) is -3.32. The Hall–Kier alpha value is -3.03.